The summed E-state index contributed by atoms with van der Waals surface area (Å²) >= 11 is 0. The van der Waals surface area contributed by atoms with Crippen molar-refractivity contribution in [3.8, 4) is 5.75 Å². The second kappa shape index (κ2) is 10.3. The average Bonchev–Trinajstić information content (AvgIpc) is 2.80. The van der Waals surface area contributed by atoms with Crippen molar-refractivity contribution in [2.24, 2.45) is 17.1 Å². The summed E-state index contributed by atoms with van der Waals surface area (Å²) in [5.74, 6) is 1.06. The molecule has 0 radical (unpaired) electrons. The summed E-state index contributed by atoms with van der Waals surface area (Å²) in [7, 11) is 1.63. The highest BCUT2D eigenvalue weighted by Crippen LogP contribution is 2.46. The predicted octanol–water partition coefficient (Wildman–Crippen LogP) is 3.32. The maximum Gasteiger partial charge on any atom is 0.312 e. The topological polar surface area (TPSA) is 81.9 Å². The maximum atomic E-state index is 13.0. The van der Waals surface area contributed by atoms with E-state index in [1.165, 1.54) is 19.3 Å². The van der Waals surface area contributed by atoms with Gasteiger partial charge in [-0.05, 0) is 62.6 Å². The third kappa shape index (κ3) is 4.97. The van der Waals surface area contributed by atoms with E-state index in [9.17, 15) is 9.59 Å². The fourth-order valence-corrected chi connectivity index (χ4v) is 5.17. The molecule has 2 fully saturated rings. The fraction of sp³-hybridized carbons (Fsp3) is 0.667. The first kappa shape index (κ1) is 22.6. The molecule has 1 aromatic rings. The third-order valence-corrected chi connectivity index (χ3v) is 6.97. The number of hydrogen-bond donors (Lipinski definition) is 1. The number of carbonyl (C=O) groups excluding carboxylic acids is 2. The highest BCUT2D eigenvalue weighted by Gasteiger charge is 2.49. The van der Waals surface area contributed by atoms with Gasteiger partial charge in [-0.25, -0.2) is 0 Å². The Bertz CT molecular complexity index is 704. The molecular weight excluding hydrogens is 380 g/mol. The first-order valence-electron chi connectivity index (χ1n) is 11.3. The Morgan fingerprint density at radius 2 is 1.77 bits per heavy atom. The maximum absolute atomic E-state index is 13.0. The Kier molecular flexibility index (Phi) is 7.75. The van der Waals surface area contributed by atoms with Crippen LogP contribution in [0.3, 0.4) is 0 Å². The molecular formula is C24H36N2O4. The minimum absolute atomic E-state index is 0.0353. The molecule has 1 aliphatic carbocycles. The van der Waals surface area contributed by atoms with Gasteiger partial charge in [-0.15, -0.1) is 0 Å². The normalized spacial score (nSPS) is 20.4. The molecule has 6 heteroatoms. The Balaban J connectivity index is 1.62. The van der Waals surface area contributed by atoms with Gasteiger partial charge < -0.3 is 20.1 Å². The summed E-state index contributed by atoms with van der Waals surface area (Å²) in [5, 5.41) is 0. The zero-order chi connectivity index (χ0) is 21.6. The van der Waals surface area contributed by atoms with E-state index in [2.05, 4.69) is 0 Å². The van der Waals surface area contributed by atoms with Crippen LogP contribution in [-0.4, -0.2) is 49.6 Å². The number of nitrogens with zero attached hydrogens (tertiary/aromatic N) is 1. The number of amides is 1. The molecule has 1 saturated heterocycles. The fourth-order valence-electron chi connectivity index (χ4n) is 5.17. The van der Waals surface area contributed by atoms with Crippen molar-refractivity contribution in [1.82, 2.24) is 4.90 Å². The lowest BCUT2D eigenvalue weighted by molar-refractivity contribution is -0.166. The van der Waals surface area contributed by atoms with Crippen LogP contribution in [0.5, 0.6) is 5.75 Å². The van der Waals surface area contributed by atoms with E-state index in [-0.39, 0.29) is 11.9 Å². The summed E-state index contributed by atoms with van der Waals surface area (Å²) in [6.45, 7) is 3.42. The Hall–Kier alpha value is -2.08. The molecule has 0 spiro atoms. The van der Waals surface area contributed by atoms with Gasteiger partial charge in [0.2, 0.25) is 5.91 Å². The van der Waals surface area contributed by atoms with Gasteiger partial charge in [0.15, 0.2) is 0 Å². The summed E-state index contributed by atoms with van der Waals surface area (Å²) in [4.78, 5) is 27.8. The third-order valence-electron chi connectivity index (χ3n) is 6.97. The average molecular weight is 417 g/mol. The lowest BCUT2D eigenvalue weighted by atomic mass is 9.63. The van der Waals surface area contributed by atoms with Crippen LogP contribution in [0.25, 0.3) is 0 Å². The largest absolute Gasteiger partial charge is 0.497 e. The van der Waals surface area contributed by atoms with Crippen molar-refractivity contribution in [3.05, 3.63) is 29.8 Å². The van der Waals surface area contributed by atoms with Crippen molar-refractivity contribution >= 4 is 11.9 Å². The van der Waals surface area contributed by atoms with Gasteiger partial charge in [-0.2, -0.15) is 0 Å². The number of piperidine rings is 1. The Morgan fingerprint density at radius 3 is 2.33 bits per heavy atom. The molecule has 1 atom stereocenters. The van der Waals surface area contributed by atoms with Crippen LogP contribution in [0.4, 0.5) is 0 Å². The predicted molar refractivity (Wildman–Crippen MR) is 116 cm³/mol. The quantitative estimate of drug-likeness (QED) is 0.690. The summed E-state index contributed by atoms with van der Waals surface area (Å²) < 4.78 is 10.7. The molecule has 2 aliphatic rings. The number of ether oxygens (including phenoxy) is 2. The number of methoxy groups -OCH3 is 1. The molecule has 166 valence electrons. The summed E-state index contributed by atoms with van der Waals surface area (Å²) in [6.07, 6.45) is 7.64. The van der Waals surface area contributed by atoms with E-state index >= 15 is 0 Å². The van der Waals surface area contributed by atoms with Gasteiger partial charge in [-0.3, -0.25) is 9.59 Å². The minimum Gasteiger partial charge on any atom is -0.497 e. The summed E-state index contributed by atoms with van der Waals surface area (Å²) in [5.41, 5.74) is 6.83. The van der Waals surface area contributed by atoms with E-state index in [1.54, 1.807) is 7.11 Å². The van der Waals surface area contributed by atoms with Crippen LogP contribution >= 0.6 is 0 Å². The Morgan fingerprint density at radius 1 is 1.13 bits per heavy atom. The van der Waals surface area contributed by atoms with E-state index in [4.69, 9.17) is 15.2 Å². The number of carbonyl (C=O) groups is 2. The number of hydrogen-bond acceptors (Lipinski definition) is 5. The molecule has 1 amide bonds. The molecule has 0 aromatic heterocycles. The lowest BCUT2D eigenvalue weighted by Gasteiger charge is -2.46. The monoisotopic (exact) mass is 416 g/mol. The van der Waals surface area contributed by atoms with Gasteiger partial charge in [0, 0.05) is 13.1 Å². The molecule has 1 heterocycles. The van der Waals surface area contributed by atoms with E-state index in [1.807, 2.05) is 36.1 Å². The number of nitrogens with two attached hydrogens (primary N) is 1. The molecule has 1 aromatic carbocycles. The number of rotatable bonds is 7. The number of benzene rings is 1. The van der Waals surface area contributed by atoms with Crippen molar-refractivity contribution in [1.29, 1.82) is 0 Å². The molecule has 6 nitrogen and oxygen atoms in total. The van der Waals surface area contributed by atoms with Gasteiger partial charge in [-0.1, -0.05) is 31.4 Å². The van der Waals surface area contributed by atoms with Crippen LogP contribution in [0.2, 0.25) is 0 Å². The molecule has 3 rings (SSSR count). The second-order valence-electron chi connectivity index (χ2n) is 8.70. The molecule has 2 N–H and O–H groups in total. The van der Waals surface area contributed by atoms with Crippen LogP contribution in [0.1, 0.15) is 57.4 Å². The van der Waals surface area contributed by atoms with E-state index < -0.39 is 11.5 Å². The zero-order valence-electron chi connectivity index (χ0n) is 18.4. The summed E-state index contributed by atoms with van der Waals surface area (Å²) in [6, 6.07) is 7.06. The number of likely N-dealkylation sites (tertiary alicyclic amines) is 1. The van der Waals surface area contributed by atoms with Gasteiger partial charge in [0.1, 0.15) is 5.75 Å². The first-order chi connectivity index (χ1) is 14.5. The van der Waals surface area contributed by atoms with Crippen molar-refractivity contribution in [3.63, 3.8) is 0 Å². The van der Waals surface area contributed by atoms with Crippen molar-refractivity contribution in [2.75, 3.05) is 26.8 Å². The SMILES string of the molecule is CCOC(=O)C1(C2CCCCC2)CCN(C(=O)[C@H](N)Cc2ccc(OC)cc2)CC1. The van der Waals surface area contributed by atoms with Crippen molar-refractivity contribution in [2.45, 2.75) is 64.3 Å². The minimum atomic E-state index is -0.580. The lowest BCUT2D eigenvalue weighted by Crippen LogP contribution is -2.54. The highest BCUT2D eigenvalue weighted by atomic mass is 16.5. The van der Waals surface area contributed by atoms with Crippen LogP contribution < -0.4 is 10.5 Å². The molecule has 1 aliphatic heterocycles. The molecule has 0 bridgehead atoms. The zero-order valence-corrected chi connectivity index (χ0v) is 18.4. The van der Waals surface area contributed by atoms with Gasteiger partial charge in [0.25, 0.3) is 0 Å². The van der Waals surface area contributed by atoms with Crippen LogP contribution in [0, 0.1) is 11.3 Å². The second-order valence-corrected chi connectivity index (χ2v) is 8.70. The van der Waals surface area contributed by atoms with Crippen LogP contribution in [-0.2, 0) is 20.7 Å². The standard InChI is InChI=1S/C24H36N2O4/c1-3-30-23(28)24(19-7-5-4-6-8-19)13-15-26(16-14-24)22(27)21(25)17-18-9-11-20(29-2)12-10-18/h9-12,19,21H,3-8,13-17,25H2,1-2H3/t21-/m1/s1. The molecule has 0 unspecified atom stereocenters. The van der Waals surface area contributed by atoms with E-state index in [0.717, 1.165) is 24.2 Å². The molecule has 30 heavy (non-hydrogen) atoms. The molecule has 1 saturated carbocycles. The number of esters is 1. The first-order valence-corrected chi connectivity index (χ1v) is 11.3. The van der Waals surface area contributed by atoms with Gasteiger partial charge in [0.05, 0.1) is 25.2 Å². The van der Waals surface area contributed by atoms with E-state index in [0.29, 0.717) is 44.9 Å². The van der Waals surface area contributed by atoms with Crippen LogP contribution in [0.15, 0.2) is 24.3 Å². The van der Waals surface area contributed by atoms with Crippen molar-refractivity contribution < 1.29 is 19.1 Å². The van der Waals surface area contributed by atoms with Gasteiger partial charge >= 0.3 is 5.97 Å². The Labute approximate surface area is 180 Å². The highest BCUT2D eigenvalue weighted by molar-refractivity contribution is 5.83. The smallest absolute Gasteiger partial charge is 0.312 e.